The second kappa shape index (κ2) is 7.14. The van der Waals surface area contributed by atoms with E-state index in [2.05, 4.69) is 4.98 Å². The van der Waals surface area contributed by atoms with E-state index in [-0.39, 0.29) is 12.0 Å². The van der Waals surface area contributed by atoms with Gasteiger partial charge in [-0.05, 0) is 0 Å². The van der Waals surface area contributed by atoms with Gasteiger partial charge in [-0.25, -0.2) is 4.98 Å². The molecule has 3 aromatic rings. The number of nitrogens with zero attached hydrogens (tertiary/aromatic N) is 2. The van der Waals surface area contributed by atoms with Crippen molar-refractivity contribution in [3.05, 3.63) is 66.6 Å². The van der Waals surface area contributed by atoms with Gasteiger partial charge in [0, 0.05) is 37.1 Å². The van der Waals surface area contributed by atoms with Gasteiger partial charge in [0.15, 0.2) is 11.7 Å². The number of carbonyl (C=O) groups is 1. The van der Waals surface area contributed by atoms with Gasteiger partial charge >= 0.3 is 0 Å². The summed E-state index contributed by atoms with van der Waals surface area (Å²) in [6, 6.07) is 19.8. The number of hydrogen-bond donors (Lipinski definition) is 1. The Morgan fingerprint density at radius 2 is 1.65 bits per heavy atom. The van der Waals surface area contributed by atoms with Crippen LogP contribution in [-0.4, -0.2) is 40.1 Å². The van der Waals surface area contributed by atoms with Gasteiger partial charge in [-0.2, -0.15) is 0 Å². The van der Waals surface area contributed by atoms with Gasteiger partial charge in [0.2, 0.25) is 5.91 Å². The van der Waals surface area contributed by atoms with E-state index >= 15 is 0 Å². The van der Waals surface area contributed by atoms with Gasteiger partial charge in [0.05, 0.1) is 6.10 Å². The topological polar surface area (TPSA) is 66.6 Å². The average Bonchev–Trinajstić information content (AvgIpc) is 3.09. The fourth-order valence-corrected chi connectivity index (χ4v) is 3.08. The van der Waals surface area contributed by atoms with Crippen molar-refractivity contribution in [1.82, 2.24) is 9.88 Å². The second-order valence-electron chi connectivity index (χ2n) is 6.47. The molecular weight excluding hydrogens is 328 g/mol. The lowest BCUT2D eigenvalue weighted by atomic mass is 10.1. The Bertz CT molecular complexity index is 827. The predicted octanol–water partition coefficient (Wildman–Crippen LogP) is 3.14. The maximum absolute atomic E-state index is 12.1. The summed E-state index contributed by atoms with van der Waals surface area (Å²) < 4.78 is 6.03. The molecule has 0 unspecified atom stereocenters. The molecule has 5 heteroatoms. The van der Waals surface area contributed by atoms with E-state index in [4.69, 9.17) is 4.42 Å². The van der Waals surface area contributed by atoms with Crippen LogP contribution >= 0.6 is 0 Å². The molecule has 0 bridgehead atoms. The number of aliphatic hydroxyl groups excluding tert-OH is 1. The second-order valence-corrected chi connectivity index (χ2v) is 6.47. The molecule has 132 valence electrons. The fraction of sp³-hybridized carbons (Fsp3) is 0.238. The van der Waals surface area contributed by atoms with E-state index < -0.39 is 0 Å². The number of likely N-dealkylation sites (tertiary alicyclic amines) is 1. The van der Waals surface area contributed by atoms with Crippen molar-refractivity contribution >= 4 is 5.91 Å². The quantitative estimate of drug-likeness (QED) is 0.769. The first-order valence-electron chi connectivity index (χ1n) is 8.77. The zero-order chi connectivity index (χ0) is 17.9. The molecule has 1 aromatic heterocycles. The van der Waals surface area contributed by atoms with E-state index in [1.165, 1.54) is 0 Å². The van der Waals surface area contributed by atoms with Crippen molar-refractivity contribution in [2.24, 2.45) is 0 Å². The number of amides is 1. The molecule has 1 saturated heterocycles. The Kier molecular flexibility index (Phi) is 4.54. The molecule has 0 spiro atoms. The number of aliphatic hydroxyl groups is 1. The SMILES string of the molecule is O=C(CCc1nc(-c2ccccc2)c(-c2ccccc2)o1)N1CC(O)C1. The number of oxazole rings is 1. The third kappa shape index (κ3) is 3.39. The molecule has 2 heterocycles. The van der Waals surface area contributed by atoms with Crippen LogP contribution in [0.2, 0.25) is 0 Å². The number of aromatic nitrogens is 1. The van der Waals surface area contributed by atoms with Crippen molar-refractivity contribution in [2.45, 2.75) is 18.9 Å². The monoisotopic (exact) mass is 348 g/mol. The largest absolute Gasteiger partial charge is 0.440 e. The molecule has 2 aromatic carbocycles. The molecule has 1 aliphatic rings. The third-order valence-corrected chi connectivity index (χ3v) is 4.52. The average molecular weight is 348 g/mol. The van der Waals surface area contributed by atoms with Gasteiger partial charge in [0.1, 0.15) is 5.69 Å². The minimum Gasteiger partial charge on any atom is -0.440 e. The van der Waals surface area contributed by atoms with Gasteiger partial charge in [-0.15, -0.1) is 0 Å². The number of carbonyl (C=O) groups excluding carboxylic acids is 1. The van der Waals surface area contributed by atoms with Crippen LogP contribution in [0.15, 0.2) is 65.1 Å². The van der Waals surface area contributed by atoms with Crippen LogP contribution in [-0.2, 0) is 11.2 Å². The first kappa shape index (κ1) is 16.5. The van der Waals surface area contributed by atoms with E-state index in [0.717, 1.165) is 22.6 Å². The van der Waals surface area contributed by atoms with Crippen LogP contribution in [0.5, 0.6) is 0 Å². The van der Waals surface area contributed by atoms with Crippen LogP contribution in [0.4, 0.5) is 0 Å². The summed E-state index contributed by atoms with van der Waals surface area (Å²) in [7, 11) is 0. The van der Waals surface area contributed by atoms with Crippen molar-refractivity contribution in [3.8, 4) is 22.6 Å². The minimum absolute atomic E-state index is 0.0241. The Balaban J connectivity index is 1.58. The van der Waals surface area contributed by atoms with E-state index in [1.807, 2.05) is 60.7 Å². The molecule has 26 heavy (non-hydrogen) atoms. The van der Waals surface area contributed by atoms with Gasteiger partial charge in [-0.1, -0.05) is 60.7 Å². The zero-order valence-corrected chi connectivity index (χ0v) is 14.3. The summed E-state index contributed by atoms with van der Waals surface area (Å²) in [5.74, 6) is 1.30. The third-order valence-electron chi connectivity index (χ3n) is 4.52. The molecular formula is C21H20N2O3. The van der Waals surface area contributed by atoms with Crippen LogP contribution in [0.3, 0.4) is 0 Å². The molecule has 0 atom stereocenters. The first-order valence-corrected chi connectivity index (χ1v) is 8.77. The Labute approximate surface area is 151 Å². The number of benzene rings is 2. The lowest BCUT2D eigenvalue weighted by molar-refractivity contribution is -0.141. The van der Waals surface area contributed by atoms with E-state index in [9.17, 15) is 9.90 Å². The number of aryl methyl sites for hydroxylation is 1. The highest BCUT2D eigenvalue weighted by Gasteiger charge is 2.28. The van der Waals surface area contributed by atoms with E-state index in [0.29, 0.717) is 31.8 Å². The summed E-state index contributed by atoms with van der Waals surface area (Å²) in [5, 5.41) is 9.32. The molecule has 0 radical (unpaired) electrons. The summed E-state index contributed by atoms with van der Waals surface area (Å²) in [6.07, 6.45) is 0.392. The molecule has 5 nitrogen and oxygen atoms in total. The Morgan fingerprint density at radius 3 is 2.27 bits per heavy atom. The van der Waals surface area contributed by atoms with Crippen molar-refractivity contribution in [1.29, 1.82) is 0 Å². The van der Waals surface area contributed by atoms with Crippen LogP contribution in [0, 0.1) is 0 Å². The standard InChI is InChI=1S/C21H20N2O3/c24-17-13-23(14-17)19(25)12-11-18-22-20(15-7-3-1-4-8-15)21(26-18)16-9-5-2-6-10-16/h1-10,17,24H,11-14H2. The zero-order valence-electron chi connectivity index (χ0n) is 14.3. The van der Waals surface area contributed by atoms with Crippen LogP contribution in [0.1, 0.15) is 12.3 Å². The van der Waals surface area contributed by atoms with Crippen LogP contribution in [0.25, 0.3) is 22.6 Å². The fourth-order valence-electron chi connectivity index (χ4n) is 3.08. The molecule has 1 N–H and O–H groups in total. The Morgan fingerprint density at radius 1 is 1.04 bits per heavy atom. The van der Waals surface area contributed by atoms with E-state index in [1.54, 1.807) is 4.90 Å². The summed E-state index contributed by atoms with van der Waals surface area (Å²) in [5.41, 5.74) is 2.74. The van der Waals surface area contributed by atoms with Gasteiger partial charge in [-0.3, -0.25) is 4.79 Å². The molecule has 1 aliphatic heterocycles. The van der Waals surface area contributed by atoms with Crippen molar-refractivity contribution in [2.75, 3.05) is 13.1 Å². The highest BCUT2D eigenvalue weighted by atomic mass is 16.4. The highest BCUT2D eigenvalue weighted by Crippen LogP contribution is 2.32. The molecule has 1 amide bonds. The van der Waals surface area contributed by atoms with Gasteiger partial charge in [0.25, 0.3) is 0 Å². The van der Waals surface area contributed by atoms with Crippen LogP contribution < -0.4 is 0 Å². The highest BCUT2D eigenvalue weighted by molar-refractivity contribution is 5.78. The summed E-state index contributed by atoms with van der Waals surface area (Å²) >= 11 is 0. The maximum atomic E-state index is 12.1. The summed E-state index contributed by atoms with van der Waals surface area (Å²) in [6.45, 7) is 0.851. The smallest absolute Gasteiger partial charge is 0.223 e. The van der Waals surface area contributed by atoms with Gasteiger partial charge < -0.3 is 14.4 Å². The Hall–Kier alpha value is -2.92. The maximum Gasteiger partial charge on any atom is 0.223 e. The molecule has 0 aliphatic carbocycles. The lowest BCUT2D eigenvalue weighted by Gasteiger charge is -2.35. The number of hydrogen-bond acceptors (Lipinski definition) is 4. The predicted molar refractivity (Wildman–Crippen MR) is 98.3 cm³/mol. The summed E-state index contributed by atoms with van der Waals surface area (Å²) in [4.78, 5) is 18.4. The number of rotatable bonds is 5. The van der Waals surface area contributed by atoms with Crippen molar-refractivity contribution < 1.29 is 14.3 Å². The normalized spacial score (nSPS) is 14.3. The number of β-amino-alcohol motifs (C(OH)–C–C–N with tert-alkyl or cyclic N) is 1. The van der Waals surface area contributed by atoms with Crippen molar-refractivity contribution in [3.63, 3.8) is 0 Å². The first-order chi connectivity index (χ1) is 12.7. The minimum atomic E-state index is -0.380. The lowest BCUT2D eigenvalue weighted by Crippen LogP contribution is -2.53. The molecule has 0 saturated carbocycles. The molecule has 1 fully saturated rings. The molecule has 4 rings (SSSR count).